The molecule has 1 rings (SSSR count). The molecule has 1 aromatic carbocycles. The molecule has 0 aliphatic heterocycles. The second-order valence-corrected chi connectivity index (χ2v) is 2.51. The van der Waals surface area contributed by atoms with Crippen LogP contribution in [-0.2, 0) is 0 Å². The molecule has 0 aliphatic rings. The van der Waals surface area contributed by atoms with Crippen LogP contribution in [0.15, 0.2) is 24.3 Å². The summed E-state index contributed by atoms with van der Waals surface area (Å²) in [4.78, 5) is 11.0. The molecule has 0 spiro atoms. The van der Waals surface area contributed by atoms with Crippen molar-refractivity contribution in [3.8, 4) is 11.8 Å². The summed E-state index contributed by atoms with van der Waals surface area (Å²) < 4.78 is 0. The van der Waals surface area contributed by atoms with E-state index >= 15 is 0 Å². The fraction of sp³-hybridized carbons (Fsp3) is 0.100. The molecule has 1 aromatic rings. The minimum absolute atomic E-state index is 0.176. The molecule has 4 N–H and O–H groups in total. The van der Waals surface area contributed by atoms with Crippen molar-refractivity contribution in [2.24, 2.45) is 5.84 Å². The standard InChI is InChI=1S/C10H10N2O2/c11-12-10(14)9-5-3-8(4-6-9)2-1-7-13/h3-6,13H,7,11H2,(H,12,14). The molecule has 4 nitrogen and oxygen atoms in total. The van der Waals surface area contributed by atoms with Crippen molar-refractivity contribution in [3.63, 3.8) is 0 Å². The molecule has 0 atom stereocenters. The molecule has 0 saturated carbocycles. The van der Waals surface area contributed by atoms with E-state index in [0.29, 0.717) is 5.56 Å². The molecule has 0 heterocycles. The number of aliphatic hydroxyl groups excluding tert-OH is 1. The average molecular weight is 190 g/mol. The van der Waals surface area contributed by atoms with E-state index in [1.54, 1.807) is 24.3 Å². The second-order valence-electron chi connectivity index (χ2n) is 2.51. The fourth-order valence-electron chi connectivity index (χ4n) is 0.930. The first kappa shape index (κ1) is 10.3. The van der Waals surface area contributed by atoms with Gasteiger partial charge >= 0.3 is 0 Å². The highest BCUT2D eigenvalue weighted by Crippen LogP contribution is 2.02. The maximum absolute atomic E-state index is 11.0. The lowest BCUT2D eigenvalue weighted by Gasteiger charge is -1.98. The van der Waals surface area contributed by atoms with Crippen molar-refractivity contribution in [3.05, 3.63) is 35.4 Å². The highest BCUT2D eigenvalue weighted by atomic mass is 16.2. The number of hydrogen-bond acceptors (Lipinski definition) is 3. The van der Waals surface area contributed by atoms with Crippen molar-refractivity contribution in [1.29, 1.82) is 0 Å². The zero-order valence-electron chi connectivity index (χ0n) is 7.45. The van der Waals surface area contributed by atoms with Gasteiger partial charge in [0.15, 0.2) is 0 Å². The number of carbonyl (C=O) groups is 1. The molecule has 0 bridgehead atoms. The van der Waals surface area contributed by atoms with Gasteiger partial charge in [0, 0.05) is 11.1 Å². The number of amides is 1. The number of hydrogen-bond donors (Lipinski definition) is 3. The third-order valence-electron chi connectivity index (χ3n) is 1.59. The van der Waals surface area contributed by atoms with Crippen molar-refractivity contribution in [2.45, 2.75) is 0 Å². The van der Waals surface area contributed by atoms with Crippen molar-refractivity contribution < 1.29 is 9.90 Å². The van der Waals surface area contributed by atoms with E-state index in [2.05, 4.69) is 11.8 Å². The topological polar surface area (TPSA) is 75.3 Å². The monoisotopic (exact) mass is 190 g/mol. The highest BCUT2D eigenvalue weighted by molar-refractivity contribution is 5.93. The van der Waals surface area contributed by atoms with Gasteiger partial charge in [0.2, 0.25) is 0 Å². The van der Waals surface area contributed by atoms with E-state index in [0.717, 1.165) is 5.56 Å². The van der Waals surface area contributed by atoms with Crippen molar-refractivity contribution in [1.82, 2.24) is 5.43 Å². The van der Waals surface area contributed by atoms with Crippen LogP contribution < -0.4 is 11.3 Å². The molecular weight excluding hydrogens is 180 g/mol. The van der Waals surface area contributed by atoms with Gasteiger partial charge in [0.1, 0.15) is 6.61 Å². The van der Waals surface area contributed by atoms with E-state index < -0.39 is 0 Å². The average Bonchev–Trinajstić information content (AvgIpc) is 2.26. The lowest BCUT2D eigenvalue weighted by Crippen LogP contribution is -2.29. The van der Waals surface area contributed by atoms with Gasteiger partial charge in [-0.15, -0.1) is 0 Å². The van der Waals surface area contributed by atoms with Gasteiger partial charge in [0.25, 0.3) is 5.91 Å². The Hall–Kier alpha value is -1.83. The Labute approximate surface area is 81.7 Å². The Morgan fingerprint density at radius 1 is 1.43 bits per heavy atom. The number of hydrazine groups is 1. The maximum Gasteiger partial charge on any atom is 0.265 e. The van der Waals surface area contributed by atoms with Gasteiger partial charge in [-0.2, -0.15) is 0 Å². The van der Waals surface area contributed by atoms with Crippen LogP contribution in [0.4, 0.5) is 0 Å². The van der Waals surface area contributed by atoms with E-state index in [1.165, 1.54) is 0 Å². The SMILES string of the molecule is NNC(=O)c1ccc(C#CCO)cc1. The number of nitrogens with two attached hydrogens (primary N) is 1. The van der Waals surface area contributed by atoms with Crippen LogP contribution in [0.5, 0.6) is 0 Å². The van der Waals surface area contributed by atoms with Crippen LogP contribution >= 0.6 is 0 Å². The first-order valence-electron chi connectivity index (χ1n) is 3.98. The summed E-state index contributed by atoms with van der Waals surface area (Å²) in [5.74, 6) is 9.84. The van der Waals surface area contributed by atoms with Crippen LogP contribution in [0.2, 0.25) is 0 Å². The summed E-state index contributed by atoms with van der Waals surface area (Å²) in [6.07, 6.45) is 0. The molecule has 0 unspecified atom stereocenters. The third-order valence-corrected chi connectivity index (χ3v) is 1.59. The molecule has 72 valence electrons. The lowest BCUT2D eigenvalue weighted by molar-refractivity contribution is 0.0953. The third kappa shape index (κ3) is 2.59. The van der Waals surface area contributed by atoms with Gasteiger partial charge in [-0.1, -0.05) is 11.8 Å². The summed E-state index contributed by atoms with van der Waals surface area (Å²) in [7, 11) is 0. The Kier molecular flexibility index (Phi) is 3.68. The Morgan fingerprint density at radius 2 is 2.07 bits per heavy atom. The number of benzene rings is 1. The number of rotatable bonds is 1. The molecular formula is C10H10N2O2. The highest BCUT2D eigenvalue weighted by Gasteiger charge is 2.00. The van der Waals surface area contributed by atoms with Gasteiger partial charge < -0.3 is 5.11 Å². The predicted molar refractivity (Wildman–Crippen MR) is 52.1 cm³/mol. The lowest BCUT2D eigenvalue weighted by atomic mass is 10.1. The maximum atomic E-state index is 11.0. The van der Waals surface area contributed by atoms with Crippen molar-refractivity contribution >= 4 is 5.91 Å². The van der Waals surface area contributed by atoms with Gasteiger partial charge in [-0.25, -0.2) is 5.84 Å². The Balaban J connectivity index is 2.83. The smallest absolute Gasteiger partial charge is 0.265 e. The summed E-state index contributed by atoms with van der Waals surface area (Å²) in [6, 6.07) is 6.60. The van der Waals surface area contributed by atoms with Crippen LogP contribution in [0.1, 0.15) is 15.9 Å². The fourth-order valence-corrected chi connectivity index (χ4v) is 0.930. The van der Waals surface area contributed by atoms with Crippen LogP contribution in [-0.4, -0.2) is 17.6 Å². The minimum atomic E-state index is -0.341. The van der Waals surface area contributed by atoms with Gasteiger partial charge in [0.05, 0.1) is 0 Å². The zero-order chi connectivity index (χ0) is 10.4. The van der Waals surface area contributed by atoms with E-state index in [1.807, 2.05) is 5.43 Å². The van der Waals surface area contributed by atoms with Crippen LogP contribution in [0.3, 0.4) is 0 Å². The first-order valence-corrected chi connectivity index (χ1v) is 3.98. The summed E-state index contributed by atoms with van der Waals surface area (Å²) in [5, 5.41) is 8.45. The quantitative estimate of drug-likeness (QED) is 0.245. The second kappa shape index (κ2) is 5.02. The van der Waals surface area contributed by atoms with Crippen LogP contribution in [0, 0.1) is 11.8 Å². The van der Waals surface area contributed by atoms with E-state index in [4.69, 9.17) is 10.9 Å². The molecule has 0 saturated heterocycles. The minimum Gasteiger partial charge on any atom is -0.384 e. The summed E-state index contributed by atoms with van der Waals surface area (Å²) in [6.45, 7) is -0.176. The van der Waals surface area contributed by atoms with Crippen molar-refractivity contribution in [2.75, 3.05) is 6.61 Å². The number of nitrogens with one attached hydrogen (secondary N) is 1. The molecule has 0 radical (unpaired) electrons. The molecule has 1 amide bonds. The zero-order valence-corrected chi connectivity index (χ0v) is 7.45. The Morgan fingerprint density at radius 3 is 2.57 bits per heavy atom. The molecule has 0 aliphatic carbocycles. The molecule has 0 fully saturated rings. The van der Waals surface area contributed by atoms with Crippen LogP contribution in [0.25, 0.3) is 0 Å². The molecule has 14 heavy (non-hydrogen) atoms. The van der Waals surface area contributed by atoms with Gasteiger partial charge in [-0.05, 0) is 24.3 Å². The van der Waals surface area contributed by atoms with Gasteiger partial charge in [-0.3, -0.25) is 10.2 Å². The first-order chi connectivity index (χ1) is 6.77. The summed E-state index contributed by atoms with van der Waals surface area (Å²) in [5.41, 5.74) is 3.25. The molecule has 0 aromatic heterocycles. The Bertz CT molecular complexity index is 373. The number of carbonyl (C=O) groups excluding carboxylic acids is 1. The number of nitrogen functional groups attached to an aromatic ring is 1. The normalized spacial score (nSPS) is 8.71. The predicted octanol–water partition coefficient (Wildman–Crippen LogP) is -0.366. The largest absolute Gasteiger partial charge is 0.384 e. The summed E-state index contributed by atoms with van der Waals surface area (Å²) >= 11 is 0. The number of aliphatic hydroxyl groups is 1. The van der Waals surface area contributed by atoms with E-state index in [9.17, 15) is 4.79 Å². The van der Waals surface area contributed by atoms with E-state index in [-0.39, 0.29) is 12.5 Å². The molecule has 4 heteroatoms.